The Bertz CT molecular complexity index is 370. The van der Waals surface area contributed by atoms with Crippen LogP contribution in [0.5, 0.6) is 0 Å². The molecule has 2 amide bonds. The van der Waals surface area contributed by atoms with E-state index in [0.29, 0.717) is 13.0 Å². The second-order valence-corrected chi connectivity index (χ2v) is 6.29. The second kappa shape index (κ2) is 7.99. The van der Waals surface area contributed by atoms with Gasteiger partial charge in [0.05, 0.1) is 0 Å². The van der Waals surface area contributed by atoms with Gasteiger partial charge in [-0.25, -0.2) is 0 Å². The number of hydrogen-bond acceptors (Lipinski definition) is 3. The maximum Gasteiger partial charge on any atom is 0.223 e. The van der Waals surface area contributed by atoms with Gasteiger partial charge in [-0.2, -0.15) is 0 Å². The highest BCUT2D eigenvalue weighted by Gasteiger charge is 2.57. The van der Waals surface area contributed by atoms with Crippen LogP contribution in [0.1, 0.15) is 46.0 Å². The molecule has 0 bridgehead atoms. The monoisotopic (exact) mass is 317 g/mol. The smallest absolute Gasteiger partial charge is 0.223 e. The lowest BCUT2D eigenvalue weighted by molar-refractivity contribution is -0.124. The molecule has 0 aromatic heterocycles. The van der Waals surface area contributed by atoms with Gasteiger partial charge >= 0.3 is 0 Å². The van der Waals surface area contributed by atoms with Crippen molar-refractivity contribution in [1.82, 2.24) is 16.0 Å². The molecule has 0 radical (unpaired) electrons. The first-order valence-corrected chi connectivity index (χ1v) is 7.85. The zero-order chi connectivity index (χ0) is 14.6. The highest BCUT2D eigenvalue weighted by Crippen LogP contribution is 2.58. The average Bonchev–Trinajstić information content (AvgIpc) is 3.12. The Morgan fingerprint density at radius 3 is 2.62 bits per heavy atom. The van der Waals surface area contributed by atoms with Crippen LogP contribution in [0.3, 0.4) is 0 Å². The summed E-state index contributed by atoms with van der Waals surface area (Å²) in [6.45, 7) is 6.54. The van der Waals surface area contributed by atoms with Gasteiger partial charge in [0.1, 0.15) is 0 Å². The Kier molecular flexibility index (Phi) is 6.94. The summed E-state index contributed by atoms with van der Waals surface area (Å²) in [5.41, 5.74) is 0.272. The molecule has 2 rings (SSSR count). The molecule has 1 heterocycles. The molecule has 2 fully saturated rings. The minimum Gasteiger partial charge on any atom is -0.355 e. The van der Waals surface area contributed by atoms with Crippen LogP contribution >= 0.6 is 12.4 Å². The Morgan fingerprint density at radius 1 is 1.33 bits per heavy atom. The van der Waals surface area contributed by atoms with Crippen molar-refractivity contribution in [2.45, 2.75) is 52.0 Å². The SMILES string of the molecule is CCC(C)NC(=O)CCNC(=O)C1CC12CCNCC2.Cl. The molecule has 2 aliphatic rings. The lowest BCUT2D eigenvalue weighted by atomic mass is 9.92. The van der Waals surface area contributed by atoms with Crippen LogP contribution in [0.4, 0.5) is 0 Å². The van der Waals surface area contributed by atoms with Crippen LogP contribution in [0.2, 0.25) is 0 Å². The molecule has 1 saturated heterocycles. The van der Waals surface area contributed by atoms with Crippen molar-refractivity contribution in [1.29, 1.82) is 0 Å². The van der Waals surface area contributed by atoms with Gasteiger partial charge < -0.3 is 16.0 Å². The minimum absolute atomic E-state index is 0. The summed E-state index contributed by atoms with van der Waals surface area (Å²) in [5, 5.41) is 9.16. The fourth-order valence-electron chi connectivity index (χ4n) is 3.07. The number of piperidine rings is 1. The van der Waals surface area contributed by atoms with Crippen molar-refractivity contribution in [2.75, 3.05) is 19.6 Å². The number of halogens is 1. The number of nitrogens with one attached hydrogen (secondary N) is 3. The zero-order valence-electron chi connectivity index (χ0n) is 13.0. The van der Waals surface area contributed by atoms with E-state index in [1.165, 1.54) is 0 Å². The Balaban J connectivity index is 0.00000220. The number of rotatable bonds is 6. The molecule has 0 aromatic rings. The summed E-state index contributed by atoms with van der Waals surface area (Å²) in [6, 6.07) is 0.208. The molecule has 2 unspecified atom stereocenters. The normalized spacial score (nSPS) is 23.8. The molecule has 21 heavy (non-hydrogen) atoms. The fourth-order valence-corrected chi connectivity index (χ4v) is 3.07. The van der Waals surface area contributed by atoms with Gasteiger partial charge in [0.2, 0.25) is 11.8 Å². The molecule has 1 aliphatic carbocycles. The fraction of sp³-hybridized carbons (Fsp3) is 0.867. The average molecular weight is 318 g/mol. The predicted molar refractivity (Wildman–Crippen MR) is 85.4 cm³/mol. The van der Waals surface area contributed by atoms with Crippen molar-refractivity contribution in [3.05, 3.63) is 0 Å². The molecule has 6 heteroatoms. The highest BCUT2D eigenvalue weighted by atomic mass is 35.5. The third-order valence-electron chi connectivity index (χ3n) is 4.78. The van der Waals surface area contributed by atoms with E-state index < -0.39 is 0 Å². The molecule has 122 valence electrons. The predicted octanol–water partition coefficient (Wildman–Crippen LogP) is 1.22. The van der Waals surface area contributed by atoms with E-state index in [2.05, 4.69) is 16.0 Å². The van der Waals surface area contributed by atoms with E-state index >= 15 is 0 Å². The quantitative estimate of drug-likeness (QED) is 0.690. The number of carbonyl (C=O) groups is 2. The first-order valence-electron chi connectivity index (χ1n) is 7.85. The van der Waals surface area contributed by atoms with Gasteiger partial charge in [0, 0.05) is 24.9 Å². The second-order valence-electron chi connectivity index (χ2n) is 6.29. The Labute approximate surface area is 133 Å². The summed E-state index contributed by atoms with van der Waals surface area (Å²) in [4.78, 5) is 23.7. The van der Waals surface area contributed by atoms with E-state index in [1.54, 1.807) is 0 Å². The standard InChI is InChI=1S/C15H27N3O2.ClH/c1-3-11(2)18-13(19)4-7-17-14(20)12-10-15(12)5-8-16-9-6-15;/h11-12,16H,3-10H2,1-2H3,(H,17,20)(H,18,19);1H. The maximum atomic E-state index is 12.1. The van der Waals surface area contributed by atoms with Crippen molar-refractivity contribution in [3.63, 3.8) is 0 Å². The Hall–Kier alpha value is -0.810. The summed E-state index contributed by atoms with van der Waals surface area (Å²) in [7, 11) is 0. The van der Waals surface area contributed by atoms with E-state index in [-0.39, 0.29) is 41.6 Å². The Morgan fingerprint density at radius 2 is 2.00 bits per heavy atom. The van der Waals surface area contributed by atoms with Crippen LogP contribution in [-0.4, -0.2) is 37.5 Å². The maximum absolute atomic E-state index is 12.1. The summed E-state index contributed by atoms with van der Waals surface area (Å²) < 4.78 is 0. The molecule has 1 aliphatic heterocycles. The van der Waals surface area contributed by atoms with Crippen molar-refractivity contribution in [3.8, 4) is 0 Å². The van der Waals surface area contributed by atoms with Crippen LogP contribution in [-0.2, 0) is 9.59 Å². The van der Waals surface area contributed by atoms with Crippen LogP contribution < -0.4 is 16.0 Å². The largest absolute Gasteiger partial charge is 0.355 e. The summed E-state index contributed by atoms with van der Waals surface area (Å²) >= 11 is 0. The van der Waals surface area contributed by atoms with Gasteiger partial charge in [0.25, 0.3) is 0 Å². The summed E-state index contributed by atoms with van der Waals surface area (Å²) in [5.74, 6) is 0.345. The molecule has 0 aromatic carbocycles. The third-order valence-corrected chi connectivity index (χ3v) is 4.78. The van der Waals surface area contributed by atoms with E-state index in [9.17, 15) is 9.59 Å². The van der Waals surface area contributed by atoms with Gasteiger partial charge in [-0.3, -0.25) is 9.59 Å². The van der Waals surface area contributed by atoms with Crippen LogP contribution in [0, 0.1) is 11.3 Å². The number of amides is 2. The number of hydrogen-bond donors (Lipinski definition) is 3. The summed E-state index contributed by atoms with van der Waals surface area (Å²) in [6.07, 6.45) is 4.55. The molecule has 1 spiro atoms. The van der Waals surface area contributed by atoms with Gasteiger partial charge in [-0.15, -0.1) is 12.4 Å². The van der Waals surface area contributed by atoms with Gasteiger partial charge in [-0.05, 0) is 51.1 Å². The lowest BCUT2D eigenvalue weighted by Crippen LogP contribution is -2.37. The van der Waals surface area contributed by atoms with Gasteiger partial charge in [0.15, 0.2) is 0 Å². The zero-order valence-corrected chi connectivity index (χ0v) is 13.9. The molecule has 5 nitrogen and oxygen atoms in total. The third kappa shape index (κ3) is 4.85. The van der Waals surface area contributed by atoms with Gasteiger partial charge in [-0.1, -0.05) is 6.92 Å². The van der Waals surface area contributed by atoms with Crippen LogP contribution in [0.15, 0.2) is 0 Å². The number of carbonyl (C=O) groups excluding carboxylic acids is 2. The molecule has 2 atom stereocenters. The van der Waals surface area contributed by atoms with E-state index in [4.69, 9.17) is 0 Å². The minimum atomic E-state index is 0. The molecular formula is C15H28ClN3O2. The highest BCUT2D eigenvalue weighted by molar-refractivity contribution is 5.85. The van der Waals surface area contributed by atoms with Crippen LogP contribution in [0.25, 0.3) is 0 Å². The molecular weight excluding hydrogens is 290 g/mol. The first kappa shape index (κ1) is 18.2. The van der Waals surface area contributed by atoms with Crippen molar-refractivity contribution >= 4 is 24.2 Å². The van der Waals surface area contributed by atoms with Crippen molar-refractivity contribution in [2.24, 2.45) is 11.3 Å². The lowest BCUT2D eigenvalue weighted by Gasteiger charge is -2.23. The molecule has 1 saturated carbocycles. The first-order chi connectivity index (χ1) is 9.57. The topological polar surface area (TPSA) is 70.2 Å². The molecule has 3 N–H and O–H groups in total. The van der Waals surface area contributed by atoms with Crippen molar-refractivity contribution < 1.29 is 9.59 Å². The van der Waals surface area contributed by atoms with E-state index in [1.807, 2.05) is 13.8 Å². The van der Waals surface area contributed by atoms with E-state index in [0.717, 1.165) is 38.8 Å².